The van der Waals surface area contributed by atoms with E-state index in [1.165, 1.54) is 22.4 Å². The predicted octanol–water partition coefficient (Wildman–Crippen LogP) is 6.60. The molecule has 1 aliphatic rings. The molecule has 0 radical (unpaired) electrons. The normalized spacial score (nSPS) is 14.8. The molecule has 0 N–H and O–H groups in total. The lowest BCUT2D eigenvalue weighted by Gasteiger charge is -2.17. The van der Waals surface area contributed by atoms with Gasteiger partial charge in [0.1, 0.15) is 24.5 Å². The molecule has 0 bridgehead atoms. The van der Waals surface area contributed by atoms with E-state index in [4.69, 9.17) is 0 Å². The molecule has 0 aromatic heterocycles. The van der Waals surface area contributed by atoms with E-state index in [0.717, 1.165) is 28.6 Å². The zero-order chi connectivity index (χ0) is 22.8. The molecule has 4 rings (SSSR count). The summed E-state index contributed by atoms with van der Waals surface area (Å²) in [6.07, 6.45) is 2.21. The fourth-order valence-corrected chi connectivity index (χ4v) is 5.55. The van der Waals surface area contributed by atoms with Crippen LogP contribution in [-0.4, -0.2) is 28.2 Å². The quantitative estimate of drug-likeness (QED) is 0.399. The molecule has 1 heterocycles. The van der Waals surface area contributed by atoms with Crippen molar-refractivity contribution in [2.75, 3.05) is 18.0 Å². The smallest absolute Gasteiger partial charge is 0.244 e. The first-order chi connectivity index (χ1) is 15.4. The summed E-state index contributed by atoms with van der Waals surface area (Å²) in [5.41, 5.74) is 6.28. The Morgan fingerprint density at radius 2 is 1.47 bits per heavy atom. The van der Waals surface area contributed by atoms with Crippen molar-refractivity contribution in [3.05, 3.63) is 83.4 Å². The maximum Gasteiger partial charge on any atom is 0.244 e. The lowest BCUT2D eigenvalue weighted by Crippen LogP contribution is -2.20. The Hall–Kier alpha value is -2.72. The standard InChI is InChI=1S/C28H33N2OS/c1-20(2)24-9-8-10-25(21(3)4)28(24)30-18-17-29(19-30)26-11-6-7-12-27(26)32(31)23-15-13-22(5)14-16-23/h6-16,19-21H,17-18H2,1-5H3/q+1. The summed E-state index contributed by atoms with van der Waals surface area (Å²) in [5, 5.41) is 0. The van der Waals surface area contributed by atoms with Gasteiger partial charge in [0.15, 0.2) is 0 Å². The fraction of sp³-hybridized carbons (Fsp3) is 0.321. The maximum absolute atomic E-state index is 13.4. The molecule has 3 nitrogen and oxygen atoms in total. The van der Waals surface area contributed by atoms with E-state index in [-0.39, 0.29) is 0 Å². The van der Waals surface area contributed by atoms with Crippen LogP contribution in [0.15, 0.2) is 76.5 Å². The summed E-state index contributed by atoms with van der Waals surface area (Å²) < 4.78 is 15.8. The van der Waals surface area contributed by atoms with Gasteiger partial charge >= 0.3 is 0 Å². The maximum atomic E-state index is 13.4. The largest absolute Gasteiger partial charge is 0.249 e. The van der Waals surface area contributed by atoms with E-state index < -0.39 is 10.8 Å². The first kappa shape index (κ1) is 22.5. The zero-order valence-electron chi connectivity index (χ0n) is 19.7. The third-order valence-corrected chi connectivity index (χ3v) is 7.54. The molecular weight excluding hydrogens is 412 g/mol. The van der Waals surface area contributed by atoms with Crippen molar-refractivity contribution < 1.29 is 8.78 Å². The van der Waals surface area contributed by atoms with E-state index in [0.29, 0.717) is 11.8 Å². The number of hydrogen-bond donors (Lipinski definition) is 0. The van der Waals surface area contributed by atoms with E-state index in [9.17, 15) is 4.21 Å². The molecule has 1 atom stereocenters. The van der Waals surface area contributed by atoms with Gasteiger partial charge in [-0.05, 0) is 43.0 Å². The van der Waals surface area contributed by atoms with Crippen molar-refractivity contribution in [3.63, 3.8) is 0 Å². The average Bonchev–Trinajstić information content (AvgIpc) is 3.28. The van der Waals surface area contributed by atoms with Gasteiger partial charge in [0, 0.05) is 16.0 Å². The summed E-state index contributed by atoms with van der Waals surface area (Å²) in [5.74, 6) is 0.903. The Bertz CT molecular complexity index is 1140. The number of benzene rings is 3. The van der Waals surface area contributed by atoms with E-state index in [1.54, 1.807) is 0 Å². The van der Waals surface area contributed by atoms with E-state index in [2.05, 4.69) is 74.7 Å². The van der Waals surface area contributed by atoms with Crippen LogP contribution in [0, 0.1) is 6.92 Å². The minimum absolute atomic E-state index is 0.451. The molecule has 0 saturated carbocycles. The van der Waals surface area contributed by atoms with Crippen LogP contribution in [0.1, 0.15) is 56.2 Å². The van der Waals surface area contributed by atoms with Crippen molar-refractivity contribution >= 4 is 28.5 Å². The van der Waals surface area contributed by atoms with Crippen LogP contribution in [0.25, 0.3) is 0 Å². The minimum Gasteiger partial charge on any atom is -0.249 e. The average molecular weight is 446 g/mol. The Labute approximate surface area is 194 Å². The summed E-state index contributed by atoms with van der Waals surface area (Å²) in [6.45, 7) is 12.9. The van der Waals surface area contributed by atoms with E-state index in [1.807, 2.05) is 42.5 Å². The van der Waals surface area contributed by atoms with Crippen LogP contribution in [0.2, 0.25) is 0 Å². The van der Waals surface area contributed by atoms with Crippen molar-refractivity contribution in [3.8, 4) is 0 Å². The van der Waals surface area contributed by atoms with Crippen molar-refractivity contribution in [2.24, 2.45) is 0 Å². The number of hydrogen-bond acceptors (Lipinski definition) is 2. The third-order valence-electron chi connectivity index (χ3n) is 6.10. The minimum atomic E-state index is -1.22. The van der Waals surface area contributed by atoms with Gasteiger partial charge in [-0.2, -0.15) is 0 Å². The Balaban J connectivity index is 1.74. The Morgan fingerprint density at radius 3 is 2.09 bits per heavy atom. The summed E-state index contributed by atoms with van der Waals surface area (Å²) >= 11 is 0. The van der Waals surface area contributed by atoms with Crippen LogP contribution in [-0.2, 0) is 10.8 Å². The molecule has 0 amide bonds. The lowest BCUT2D eigenvalue weighted by atomic mass is 9.92. The van der Waals surface area contributed by atoms with Crippen LogP contribution in [0.5, 0.6) is 0 Å². The fourth-order valence-electron chi connectivity index (χ4n) is 4.33. The molecule has 32 heavy (non-hydrogen) atoms. The number of rotatable bonds is 6. The Morgan fingerprint density at radius 1 is 0.844 bits per heavy atom. The predicted molar refractivity (Wildman–Crippen MR) is 135 cm³/mol. The number of nitrogens with zero attached hydrogens (tertiary/aromatic N) is 2. The van der Waals surface area contributed by atoms with Gasteiger partial charge in [0.25, 0.3) is 0 Å². The second-order valence-electron chi connectivity index (χ2n) is 9.15. The van der Waals surface area contributed by atoms with Crippen molar-refractivity contribution in [1.29, 1.82) is 0 Å². The van der Waals surface area contributed by atoms with Crippen LogP contribution in [0.4, 0.5) is 11.4 Å². The first-order valence-corrected chi connectivity index (χ1v) is 12.6. The van der Waals surface area contributed by atoms with Crippen molar-refractivity contribution in [2.45, 2.75) is 56.2 Å². The summed E-state index contributed by atoms with van der Waals surface area (Å²) in [4.78, 5) is 3.95. The van der Waals surface area contributed by atoms with Gasteiger partial charge in [0.05, 0.1) is 15.7 Å². The molecule has 4 heteroatoms. The van der Waals surface area contributed by atoms with Crippen LogP contribution in [0.3, 0.4) is 0 Å². The molecular formula is C28H33N2OS+. The second-order valence-corrected chi connectivity index (χ2v) is 10.6. The van der Waals surface area contributed by atoms with Gasteiger partial charge in [-0.15, -0.1) is 0 Å². The van der Waals surface area contributed by atoms with Gasteiger partial charge in [-0.3, -0.25) is 0 Å². The molecule has 0 fully saturated rings. The molecule has 3 aromatic rings. The van der Waals surface area contributed by atoms with Crippen LogP contribution < -0.4 is 4.90 Å². The molecule has 1 unspecified atom stereocenters. The summed E-state index contributed by atoms with van der Waals surface area (Å²) in [7, 11) is -1.22. The van der Waals surface area contributed by atoms with Crippen molar-refractivity contribution in [1.82, 2.24) is 0 Å². The van der Waals surface area contributed by atoms with Gasteiger partial charge < -0.3 is 0 Å². The second kappa shape index (κ2) is 9.41. The molecule has 3 aromatic carbocycles. The van der Waals surface area contributed by atoms with E-state index >= 15 is 0 Å². The van der Waals surface area contributed by atoms with Gasteiger partial charge in [-0.25, -0.2) is 13.7 Å². The van der Waals surface area contributed by atoms with Gasteiger partial charge in [0.2, 0.25) is 6.34 Å². The third kappa shape index (κ3) is 4.42. The Kier molecular flexibility index (Phi) is 6.61. The first-order valence-electron chi connectivity index (χ1n) is 11.5. The lowest BCUT2D eigenvalue weighted by molar-refractivity contribution is -0.425. The highest BCUT2D eigenvalue weighted by atomic mass is 32.2. The SMILES string of the molecule is Cc1ccc(S(=O)c2ccccc2N2C=[N+](c3c(C(C)C)cccc3C(C)C)CC2)cc1. The van der Waals surface area contributed by atoms with Crippen LogP contribution >= 0.6 is 0 Å². The monoisotopic (exact) mass is 445 g/mol. The highest BCUT2D eigenvalue weighted by Gasteiger charge is 2.29. The molecule has 0 spiro atoms. The molecule has 0 aliphatic carbocycles. The number of para-hydroxylation sites is 2. The number of anilines is 1. The zero-order valence-corrected chi connectivity index (χ0v) is 20.5. The highest BCUT2D eigenvalue weighted by molar-refractivity contribution is 7.85. The molecule has 1 aliphatic heterocycles. The highest BCUT2D eigenvalue weighted by Crippen LogP contribution is 2.36. The summed E-state index contributed by atoms with van der Waals surface area (Å²) in [6, 6.07) is 22.8. The topological polar surface area (TPSA) is 23.3 Å². The number of aryl methyl sites for hydroxylation is 1. The molecule has 166 valence electrons. The molecule has 0 saturated heterocycles. The van der Waals surface area contributed by atoms with Gasteiger partial charge in [-0.1, -0.05) is 75.7 Å².